The summed E-state index contributed by atoms with van der Waals surface area (Å²) in [4.78, 5) is 14.0. The summed E-state index contributed by atoms with van der Waals surface area (Å²) in [6.45, 7) is 2.01. The molecule has 0 amide bonds. The quantitative estimate of drug-likeness (QED) is 0.874. The average Bonchev–Trinajstić information content (AvgIpc) is 3.12. The van der Waals surface area contributed by atoms with Crippen LogP contribution < -0.4 is 5.01 Å². The largest absolute Gasteiger partial charge is 0.477 e. The van der Waals surface area contributed by atoms with Gasteiger partial charge in [-0.2, -0.15) is 5.10 Å². The van der Waals surface area contributed by atoms with Crippen molar-refractivity contribution in [2.24, 2.45) is 5.10 Å². The Kier molecular flexibility index (Phi) is 5.06. The van der Waals surface area contributed by atoms with Gasteiger partial charge in [-0.05, 0) is 17.7 Å². The second-order valence-electron chi connectivity index (χ2n) is 6.68. The van der Waals surface area contributed by atoms with Gasteiger partial charge in [0.25, 0.3) is 0 Å². The molecule has 28 heavy (non-hydrogen) atoms. The van der Waals surface area contributed by atoms with E-state index in [9.17, 15) is 18.7 Å². The van der Waals surface area contributed by atoms with Crippen LogP contribution in [0.2, 0.25) is 0 Å². The van der Waals surface area contributed by atoms with Crippen LogP contribution in [0, 0.1) is 11.6 Å². The summed E-state index contributed by atoms with van der Waals surface area (Å²) in [7, 11) is 0. The fourth-order valence-electron chi connectivity index (χ4n) is 3.75. The number of nitrogens with zero attached hydrogens (tertiary/aromatic N) is 3. The van der Waals surface area contributed by atoms with Gasteiger partial charge in [-0.25, -0.2) is 18.6 Å². The molecule has 0 saturated carbocycles. The minimum absolute atomic E-state index is 0.0892. The minimum atomic E-state index is -1.19. The van der Waals surface area contributed by atoms with Crippen molar-refractivity contribution in [1.29, 1.82) is 0 Å². The smallest absolute Gasteiger partial charge is 0.352 e. The highest BCUT2D eigenvalue weighted by Gasteiger charge is 2.46. The molecule has 0 aromatic heterocycles. The van der Waals surface area contributed by atoms with Crippen molar-refractivity contribution < 1.29 is 23.4 Å². The summed E-state index contributed by atoms with van der Waals surface area (Å²) in [6.07, 6.45) is -0.603. The third-order valence-corrected chi connectivity index (χ3v) is 5.01. The van der Waals surface area contributed by atoms with Crippen LogP contribution in [0.15, 0.2) is 53.6 Å². The molecule has 1 N–H and O–H groups in total. The molecule has 2 aromatic carbocycles. The number of carboxylic acid groups (broad SMARTS) is 1. The molecule has 146 valence electrons. The predicted octanol–water partition coefficient (Wildman–Crippen LogP) is 2.67. The maximum atomic E-state index is 14.6. The maximum Gasteiger partial charge on any atom is 0.352 e. The van der Waals surface area contributed by atoms with Crippen molar-refractivity contribution in [3.63, 3.8) is 0 Å². The molecule has 0 bridgehead atoms. The Balaban J connectivity index is 1.85. The molecule has 2 aliphatic heterocycles. The first-order valence-electron chi connectivity index (χ1n) is 8.99. The third kappa shape index (κ3) is 3.36. The molecule has 2 atom stereocenters. The first kappa shape index (κ1) is 18.5. The molecule has 2 unspecified atom stereocenters. The van der Waals surface area contributed by atoms with Gasteiger partial charge in [0.1, 0.15) is 17.8 Å². The Hall–Kier alpha value is -2.84. The summed E-state index contributed by atoms with van der Waals surface area (Å²) in [5, 5.41) is 15.3. The molecule has 2 heterocycles. The van der Waals surface area contributed by atoms with Crippen molar-refractivity contribution in [3.8, 4) is 0 Å². The fraction of sp³-hybridized carbons (Fsp3) is 0.300. The maximum absolute atomic E-state index is 14.6. The van der Waals surface area contributed by atoms with Crippen molar-refractivity contribution in [1.82, 2.24) is 4.90 Å². The number of hydrazone groups is 1. The predicted molar refractivity (Wildman–Crippen MR) is 99.3 cm³/mol. The van der Waals surface area contributed by atoms with Crippen molar-refractivity contribution in [3.05, 3.63) is 65.7 Å². The van der Waals surface area contributed by atoms with E-state index in [1.165, 1.54) is 5.01 Å². The second kappa shape index (κ2) is 7.65. The van der Waals surface area contributed by atoms with E-state index >= 15 is 0 Å². The van der Waals surface area contributed by atoms with E-state index < -0.39 is 29.7 Å². The SMILES string of the molecule is O=C(O)C1=NN(c2cc(F)ccc2F)C(N2CCOCC2)C1c1ccccc1. The first-order valence-corrected chi connectivity index (χ1v) is 8.99. The van der Waals surface area contributed by atoms with E-state index in [4.69, 9.17) is 4.74 Å². The number of halogens is 2. The number of anilines is 1. The Morgan fingerprint density at radius 2 is 1.82 bits per heavy atom. The lowest BCUT2D eigenvalue weighted by molar-refractivity contribution is -0.129. The zero-order valence-corrected chi connectivity index (χ0v) is 15.0. The lowest BCUT2D eigenvalue weighted by Crippen LogP contribution is -2.52. The molecule has 2 aromatic rings. The number of carboxylic acids is 1. The zero-order valence-electron chi connectivity index (χ0n) is 15.0. The number of morpholine rings is 1. The number of benzene rings is 2. The Bertz CT molecular complexity index is 901. The van der Waals surface area contributed by atoms with Crippen LogP contribution in [0.3, 0.4) is 0 Å². The summed E-state index contributed by atoms with van der Waals surface area (Å²) in [6, 6.07) is 12.2. The molecule has 1 fully saturated rings. The van der Waals surface area contributed by atoms with Crippen LogP contribution in [0.4, 0.5) is 14.5 Å². The van der Waals surface area contributed by atoms with E-state index in [1.54, 1.807) is 0 Å². The molecule has 0 spiro atoms. The highest BCUT2D eigenvalue weighted by Crippen LogP contribution is 2.38. The molecule has 1 saturated heterocycles. The topological polar surface area (TPSA) is 65.4 Å². The van der Waals surface area contributed by atoms with E-state index in [0.29, 0.717) is 26.3 Å². The monoisotopic (exact) mass is 387 g/mol. The third-order valence-electron chi connectivity index (χ3n) is 5.01. The molecule has 0 radical (unpaired) electrons. The normalized spacial score (nSPS) is 22.9. The summed E-state index contributed by atoms with van der Waals surface area (Å²) in [5.41, 5.74) is 0.555. The highest BCUT2D eigenvalue weighted by molar-refractivity contribution is 6.39. The van der Waals surface area contributed by atoms with Crippen molar-refractivity contribution in [2.45, 2.75) is 12.1 Å². The van der Waals surface area contributed by atoms with Gasteiger partial charge in [0.05, 0.1) is 24.8 Å². The van der Waals surface area contributed by atoms with E-state index in [1.807, 2.05) is 35.2 Å². The number of carbonyl (C=O) groups is 1. The number of rotatable bonds is 4. The molecular weight excluding hydrogens is 368 g/mol. The van der Waals surface area contributed by atoms with Gasteiger partial charge in [0, 0.05) is 19.2 Å². The summed E-state index contributed by atoms with van der Waals surface area (Å²) in [5.74, 6) is -3.10. The van der Waals surface area contributed by atoms with Gasteiger partial charge in [-0.15, -0.1) is 0 Å². The van der Waals surface area contributed by atoms with Crippen LogP contribution in [0.1, 0.15) is 11.5 Å². The van der Waals surface area contributed by atoms with Crippen LogP contribution in [-0.2, 0) is 9.53 Å². The van der Waals surface area contributed by atoms with Gasteiger partial charge in [-0.3, -0.25) is 4.90 Å². The molecular formula is C20H19F2N3O3. The van der Waals surface area contributed by atoms with Crippen LogP contribution >= 0.6 is 0 Å². The summed E-state index contributed by atoms with van der Waals surface area (Å²) >= 11 is 0. The molecule has 0 aliphatic carbocycles. The number of hydrogen-bond donors (Lipinski definition) is 1. The van der Waals surface area contributed by atoms with Gasteiger partial charge >= 0.3 is 5.97 Å². The fourth-order valence-corrected chi connectivity index (χ4v) is 3.75. The van der Waals surface area contributed by atoms with Crippen LogP contribution in [-0.4, -0.2) is 54.2 Å². The standard InChI is InChI=1S/C20H19F2N3O3/c21-14-6-7-15(22)16(12-14)25-19(24-8-10-28-11-9-24)17(18(23-25)20(26)27)13-4-2-1-3-5-13/h1-7,12,17,19H,8-11H2,(H,26,27). The highest BCUT2D eigenvalue weighted by atomic mass is 19.1. The van der Waals surface area contributed by atoms with Crippen molar-refractivity contribution in [2.75, 3.05) is 31.3 Å². The molecule has 6 nitrogen and oxygen atoms in total. The summed E-state index contributed by atoms with van der Waals surface area (Å²) < 4.78 is 33.8. The van der Waals surface area contributed by atoms with Crippen LogP contribution in [0.25, 0.3) is 0 Å². The number of aliphatic carboxylic acids is 1. The molecule has 8 heteroatoms. The minimum Gasteiger partial charge on any atom is -0.477 e. The van der Waals surface area contributed by atoms with Gasteiger partial charge in [0.2, 0.25) is 0 Å². The second-order valence-corrected chi connectivity index (χ2v) is 6.68. The van der Waals surface area contributed by atoms with Gasteiger partial charge in [0.15, 0.2) is 5.71 Å². The Morgan fingerprint density at radius 1 is 1.11 bits per heavy atom. The van der Waals surface area contributed by atoms with E-state index in [-0.39, 0.29) is 11.4 Å². The molecule has 4 rings (SSSR count). The van der Waals surface area contributed by atoms with E-state index in [0.717, 1.165) is 23.8 Å². The van der Waals surface area contributed by atoms with Crippen molar-refractivity contribution >= 4 is 17.4 Å². The Morgan fingerprint density at radius 3 is 2.50 bits per heavy atom. The van der Waals surface area contributed by atoms with Crippen LogP contribution in [0.5, 0.6) is 0 Å². The Labute approximate surface area is 160 Å². The lowest BCUT2D eigenvalue weighted by Gasteiger charge is -2.39. The number of ether oxygens (including phenoxy) is 1. The van der Waals surface area contributed by atoms with Gasteiger partial charge < -0.3 is 9.84 Å². The number of hydrogen-bond acceptors (Lipinski definition) is 5. The lowest BCUT2D eigenvalue weighted by atomic mass is 9.90. The van der Waals surface area contributed by atoms with E-state index in [2.05, 4.69) is 5.10 Å². The average molecular weight is 387 g/mol. The zero-order chi connectivity index (χ0) is 19.7. The first-order chi connectivity index (χ1) is 13.6. The van der Waals surface area contributed by atoms with Gasteiger partial charge in [-0.1, -0.05) is 30.3 Å². The molecule has 2 aliphatic rings.